The van der Waals surface area contributed by atoms with Gasteiger partial charge in [-0.15, -0.1) is 11.3 Å². The zero-order valence-corrected chi connectivity index (χ0v) is 23.1. The quantitative estimate of drug-likeness (QED) is 0.181. The summed E-state index contributed by atoms with van der Waals surface area (Å²) in [7, 11) is 0. The molecule has 0 atom stereocenters. The number of thiophene rings is 1. The number of hydrogen-bond acceptors (Lipinski definition) is 9. The van der Waals surface area contributed by atoms with Crippen LogP contribution >= 0.6 is 11.3 Å². The van der Waals surface area contributed by atoms with Crippen molar-refractivity contribution < 1.29 is 14.0 Å². The van der Waals surface area contributed by atoms with Gasteiger partial charge in [-0.2, -0.15) is 0 Å². The summed E-state index contributed by atoms with van der Waals surface area (Å²) in [6, 6.07) is 19.8. The van der Waals surface area contributed by atoms with Crippen molar-refractivity contribution in [1.29, 1.82) is 0 Å². The van der Waals surface area contributed by atoms with Crippen molar-refractivity contribution >= 4 is 46.2 Å². The molecular formula is C31H23N7O3S. The highest BCUT2D eigenvalue weighted by Crippen LogP contribution is 2.27. The average Bonchev–Trinajstić information content (AvgIpc) is 3.73. The van der Waals surface area contributed by atoms with Crippen molar-refractivity contribution in [2.45, 2.75) is 6.92 Å². The molecular weight excluding hydrogens is 550 g/mol. The highest BCUT2D eigenvalue weighted by Gasteiger charge is 2.15. The second-order valence-electron chi connectivity index (χ2n) is 9.17. The van der Waals surface area contributed by atoms with E-state index >= 15 is 0 Å². The molecule has 11 heteroatoms. The van der Waals surface area contributed by atoms with E-state index in [9.17, 15) is 9.59 Å². The molecule has 5 aromatic heterocycles. The molecule has 42 heavy (non-hydrogen) atoms. The Morgan fingerprint density at radius 2 is 1.74 bits per heavy atom. The molecule has 0 radical (unpaired) electrons. The lowest BCUT2D eigenvalue weighted by molar-refractivity contribution is 0.0994. The van der Waals surface area contributed by atoms with Crippen LogP contribution in [-0.2, 0) is 0 Å². The third kappa shape index (κ3) is 6.06. The Hall–Kier alpha value is -5.68. The van der Waals surface area contributed by atoms with Crippen molar-refractivity contribution in [3.63, 3.8) is 0 Å². The SMILES string of the molecule is Cc1ccc(NC(=O)c2cncc(NC(=O)c3ccc(-c4cccs4)o3)c2)cc1Nc1nccc(-c2cccnc2)n1. The van der Waals surface area contributed by atoms with Crippen LogP contribution in [-0.4, -0.2) is 31.8 Å². The fourth-order valence-corrected chi connectivity index (χ4v) is 4.78. The normalized spacial score (nSPS) is 10.7. The second kappa shape index (κ2) is 11.8. The first kappa shape index (κ1) is 26.5. The second-order valence-corrected chi connectivity index (χ2v) is 10.1. The molecule has 0 aliphatic carbocycles. The first-order chi connectivity index (χ1) is 20.5. The number of carbonyl (C=O) groups is 2. The molecule has 0 spiro atoms. The summed E-state index contributed by atoms with van der Waals surface area (Å²) in [5.41, 5.74) is 4.47. The van der Waals surface area contributed by atoms with Crippen LogP contribution in [0, 0.1) is 6.92 Å². The zero-order chi connectivity index (χ0) is 28.9. The van der Waals surface area contributed by atoms with E-state index in [2.05, 4.69) is 35.9 Å². The predicted molar refractivity (Wildman–Crippen MR) is 162 cm³/mol. The van der Waals surface area contributed by atoms with E-state index in [1.165, 1.54) is 23.7 Å². The number of furan rings is 1. The number of anilines is 4. The minimum absolute atomic E-state index is 0.155. The monoisotopic (exact) mass is 573 g/mol. The van der Waals surface area contributed by atoms with Crippen LogP contribution in [0.25, 0.3) is 21.9 Å². The molecule has 0 saturated carbocycles. The van der Waals surface area contributed by atoms with Gasteiger partial charge in [0.15, 0.2) is 5.76 Å². The van der Waals surface area contributed by atoms with Gasteiger partial charge in [-0.25, -0.2) is 9.97 Å². The molecule has 10 nitrogen and oxygen atoms in total. The van der Waals surface area contributed by atoms with Crippen LogP contribution in [0.15, 0.2) is 108 Å². The number of pyridine rings is 2. The van der Waals surface area contributed by atoms with Crippen LogP contribution in [0.3, 0.4) is 0 Å². The van der Waals surface area contributed by atoms with E-state index in [-0.39, 0.29) is 17.2 Å². The lowest BCUT2D eigenvalue weighted by Crippen LogP contribution is -2.15. The first-order valence-corrected chi connectivity index (χ1v) is 13.7. The summed E-state index contributed by atoms with van der Waals surface area (Å²) in [4.78, 5) is 43.9. The number of amides is 2. The molecule has 0 bridgehead atoms. The van der Waals surface area contributed by atoms with Gasteiger partial charge in [0.05, 0.1) is 28.0 Å². The van der Waals surface area contributed by atoms with Gasteiger partial charge < -0.3 is 20.4 Å². The maximum absolute atomic E-state index is 13.1. The van der Waals surface area contributed by atoms with Crippen LogP contribution < -0.4 is 16.0 Å². The summed E-state index contributed by atoms with van der Waals surface area (Å²) in [5, 5.41) is 10.8. The van der Waals surface area contributed by atoms with Crippen LogP contribution in [0.5, 0.6) is 0 Å². The molecule has 0 unspecified atom stereocenters. The number of nitrogens with one attached hydrogen (secondary N) is 3. The van der Waals surface area contributed by atoms with E-state index in [1.807, 2.05) is 48.7 Å². The Kier molecular flexibility index (Phi) is 7.47. The number of hydrogen-bond donors (Lipinski definition) is 3. The average molecular weight is 574 g/mol. The van der Waals surface area contributed by atoms with Gasteiger partial charge in [0.1, 0.15) is 5.76 Å². The molecule has 0 fully saturated rings. The highest BCUT2D eigenvalue weighted by molar-refractivity contribution is 7.13. The smallest absolute Gasteiger partial charge is 0.291 e. The van der Waals surface area contributed by atoms with Gasteiger partial charge >= 0.3 is 0 Å². The van der Waals surface area contributed by atoms with Crippen molar-refractivity contribution in [3.05, 3.63) is 120 Å². The van der Waals surface area contributed by atoms with Crippen LogP contribution in [0.1, 0.15) is 26.5 Å². The Morgan fingerprint density at radius 1 is 0.833 bits per heavy atom. The minimum Gasteiger partial charge on any atom is -0.450 e. The maximum Gasteiger partial charge on any atom is 0.291 e. The molecule has 5 heterocycles. The van der Waals surface area contributed by atoms with Gasteiger partial charge in [0.2, 0.25) is 5.95 Å². The number of aryl methyl sites for hydroxylation is 1. The highest BCUT2D eigenvalue weighted by atomic mass is 32.1. The van der Waals surface area contributed by atoms with E-state index in [0.29, 0.717) is 23.1 Å². The zero-order valence-electron chi connectivity index (χ0n) is 22.2. The Morgan fingerprint density at radius 3 is 2.57 bits per heavy atom. The van der Waals surface area contributed by atoms with E-state index in [4.69, 9.17) is 4.42 Å². The van der Waals surface area contributed by atoms with E-state index < -0.39 is 5.91 Å². The van der Waals surface area contributed by atoms with Gasteiger partial charge in [-0.1, -0.05) is 12.1 Å². The molecule has 3 N–H and O–H groups in total. The lowest BCUT2D eigenvalue weighted by atomic mass is 10.1. The largest absolute Gasteiger partial charge is 0.450 e. The summed E-state index contributed by atoms with van der Waals surface area (Å²) in [5.74, 6) is 0.348. The minimum atomic E-state index is -0.443. The summed E-state index contributed by atoms with van der Waals surface area (Å²) in [6.45, 7) is 1.94. The Balaban J connectivity index is 1.13. The summed E-state index contributed by atoms with van der Waals surface area (Å²) in [6.07, 6.45) is 8.01. The maximum atomic E-state index is 13.1. The van der Waals surface area contributed by atoms with Gasteiger partial charge in [-0.3, -0.25) is 19.6 Å². The molecule has 0 saturated heterocycles. The third-order valence-electron chi connectivity index (χ3n) is 6.21. The molecule has 2 amide bonds. The van der Waals surface area contributed by atoms with Crippen molar-refractivity contribution in [2.75, 3.05) is 16.0 Å². The van der Waals surface area contributed by atoms with E-state index in [1.54, 1.807) is 48.9 Å². The molecule has 0 aliphatic heterocycles. The lowest BCUT2D eigenvalue weighted by Gasteiger charge is -2.12. The molecule has 6 rings (SSSR count). The van der Waals surface area contributed by atoms with Crippen LogP contribution in [0.2, 0.25) is 0 Å². The van der Waals surface area contributed by atoms with Gasteiger partial charge in [0, 0.05) is 41.7 Å². The number of rotatable bonds is 8. The van der Waals surface area contributed by atoms with E-state index in [0.717, 1.165) is 27.4 Å². The fourth-order valence-electron chi connectivity index (χ4n) is 4.09. The third-order valence-corrected chi connectivity index (χ3v) is 7.09. The number of aromatic nitrogens is 4. The Labute approximate surface area is 244 Å². The van der Waals surface area contributed by atoms with Crippen molar-refractivity contribution in [2.24, 2.45) is 0 Å². The molecule has 6 aromatic rings. The Bertz CT molecular complexity index is 1870. The summed E-state index contributed by atoms with van der Waals surface area (Å²) < 4.78 is 5.69. The standard InChI is InChI=1S/C31H23N7O3S/c1-19-6-7-22(15-25(19)38-31-34-12-10-24(37-31)20-4-2-11-32-16-20)35-29(39)21-14-23(18-33-17-21)36-30(40)27-9-8-26(41-27)28-5-3-13-42-28/h2-18H,1H3,(H,35,39)(H,36,40)(H,34,37,38). The number of carbonyl (C=O) groups excluding carboxylic acids is 2. The van der Waals surface area contributed by atoms with Crippen molar-refractivity contribution in [3.8, 4) is 21.9 Å². The predicted octanol–water partition coefficient (Wildman–Crippen LogP) is 6.81. The number of nitrogens with zero attached hydrogens (tertiary/aromatic N) is 4. The van der Waals surface area contributed by atoms with Gasteiger partial charge in [0.25, 0.3) is 11.8 Å². The topological polar surface area (TPSA) is 135 Å². The van der Waals surface area contributed by atoms with Gasteiger partial charge in [-0.05, 0) is 72.5 Å². The molecule has 206 valence electrons. The molecule has 1 aromatic carbocycles. The van der Waals surface area contributed by atoms with Crippen LogP contribution in [0.4, 0.5) is 23.0 Å². The molecule has 0 aliphatic rings. The first-order valence-electron chi connectivity index (χ1n) is 12.8. The summed E-state index contributed by atoms with van der Waals surface area (Å²) >= 11 is 1.52. The fraction of sp³-hybridized carbons (Fsp3) is 0.0323. The number of benzene rings is 1. The van der Waals surface area contributed by atoms with Crippen molar-refractivity contribution in [1.82, 2.24) is 19.9 Å².